The number of amides is 1. The third-order valence-electron chi connectivity index (χ3n) is 2.49. The Labute approximate surface area is 115 Å². The van der Waals surface area contributed by atoms with Crippen molar-refractivity contribution in [1.82, 2.24) is 5.32 Å². The van der Waals surface area contributed by atoms with E-state index in [0.29, 0.717) is 5.75 Å². The molecule has 1 amide bonds. The number of halogens is 1. The van der Waals surface area contributed by atoms with Crippen LogP contribution in [0.5, 0.6) is 0 Å². The van der Waals surface area contributed by atoms with Gasteiger partial charge in [0.2, 0.25) is 5.91 Å². The van der Waals surface area contributed by atoms with Gasteiger partial charge < -0.3 is 10.4 Å². The molecule has 1 unspecified atom stereocenters. The van der Waals surface area contributed by atoms with Gasteiger partial charge in [0.05, 0.1) is 0 Å². The van der Waals surface area contributed by atoms with Crippen molar-refractivity contribution in [3.05, 3.63) is 30.1 Å². The van der Waals surface area contributed by atoms with Gasteiger partial charge in [-0.25, -0.2) is 4.39 Å². The lowest BCUT2D eigenvalue weighted by atomic mass is 10.2. The van der Waals surface area contributed by atoms with Crippen LogP contribution in [0.1, 0.15) is 13.8 Å². The SMILES string of the molecule is CC(CSc1ccc(F)cc1)C(=O)N[C@@H](C)C(=O)O. The number of carboxylic acids is 1. The Balaban J connectivity index is 2.42. The Kier molecular flexibility index (Phi) is 5.82. The van der Waals surface area contributed by atoms with Crippen molar-refractivity contribution in [2.24, 2.45) is 5.92 Å². The molecular weight excluding hydrogens is 269 g/mol. The fraction of sp³-hybridized carbons (Fsp3) is 0.385. The lowest BCUT2D eigenvalue weighted by molar-refractivity contribution is -0.141. The molecule has 0 aliphatic carbocycles. The Hall–Kier alpha value is -1.56. The van der Waals surface area contributed by atoms with Crippen LogP contribution in [0.3, 0.4) is 0 Å². The standard InChI is InChI=1S/C13H16FNO3S/c1-8(12(16)15-9(2)13(17)18)7-19-11-5-3-10(14)4-6-11/h3-6,8-9H,7H2,1-2H3,(H,15,16)(H,17,18)/t8?,9-/m0/s1. The largest absolute Gasteiger partial charge is 0.480 e. The lowest BCUT2D eigenvalue weighted by Crippen LogP contribution is -2.41. The van der Waals surface area contributed by atoms with Gasteiger partial charge in [-0.15, -0.1) is 11.8 Å². The summed E-state index contributed by atoms with van der Waals surface area (Å²) in [5.41, 5.74) is 0. The molecule has 0 saturated heterocycles. The van der Waals surface area contributed by atoms with Crippen molar-refractivity contribution < 1.29 is 19.1 Å². The highest BCUT2D eigenvalue weighted by atomic mass is 32.2. The zero-order valence-corrected chi connectivity index (χ0v) is 11.5. The van der Waals surface area contributed by atoms with E-state index in [4.69, 9.17) is 5.11 Å². The maximum Gasteiger partial charge on any atom is 0.325 e. The number of benzene rings is 1. The molecule has 0 radical (unpaired) electrons. The molecule has 0 bridgehead atoms. The zero-order valence-electron chi connectivity index (χ0n) is 10.7. The summed E-state index contributed by atoms with van der Waals surface area (Å²) in [5, 5.41) is 11.1. The van der Waals surface area contributed by atoms with Gasteiger partial charge in [0.15, 0.2) is 0 Å². The summed E-state index contributed by atoms with van der Waals surface area (Å²) in [5.74, 6) is -1.48. The molecule has 1 aromatic rings. The van der Waals surface area contributed by atoms with Crippen LogP contribution >= 0.6 is 11.8 Å². The van der Waals surface area contributed by atoms with E-state index in [0.717, 1.165) is 4.90 Å². The number of rotatable bonds is 6. The van der Waals surface area contributed by atoms with E-state index in [-0.39, 0.29) is 17.6 Å². The molecule has 1 rings (SSSR count). The third kappa shape index (κ3) is 5.30. The van der Waals surface area contributed by atoms with Crippen LogP contribution in [0.4, 0.5) is 4.39 Å². The number of carbonyl (C=O) groups is 2. The van der Waals surface area contributed by atoms with Crippen molar-refractivity contribution in [3.8, 4) is 0 Å². The molecular formula is C13H16FNO3S. The average molecular weight is 285 g/mol. The van der Waals surface area contributed by atoms with Crippen LogP contribution in [0.25, 0.3) is 0 Å². The molecule has 0 saturated carbocycles. The lowest BCUT2D eigenvalue weighted by Gasteiger charge is -2.14. The second-order valence-electron chi connectivity index (χ2n) is 4.23. The van der Waals surface area contributed by atoms with E-state index in [9.17, 15) is 14.0 Å². The molecule has 0 spiro atoms. The second kappa shape index (κ2) is 7.13. The molecule has 4 nitrogen and oxygen atoms in total. The van der Waals surface area contributed by atoms with Gasteiger partial charge in [0, 0.05) is 16.6 Å². The number of thioether (sulfide) groups is 1. The smallest absolute Gasteiger partial charge is 0.325 e. The van der Waals surface area contributed by atoms with Crippen molar-refractivity contribution >= 4 is 23.6 Å². The fourth-order valence-electron chi connectivity index (χ4n) is 1.25. The molecule has 0 aliphatic rings. The van der Waals surface area contributed by atoms with Gasteiger partial charge in [-0.2, -0.15) is 0 Å². The van der Waals surface area contributed by atoms with Crippen LogP contribution in [-0.4, -0.2) is 28.8 Å². The fourth-order valence-corrected chi connectivity index (χ4v) is 2.17. The van der Waals surface area contributed by atoms with E-state index < -0.39 is 12.0 Å². The summed E-state index contributed by atoms with van der Waals surface area (Å²) in [7, 11) is 0. The zero-order chi connectivity index (χ0) is 14.4. The third-order valence-corrected chi connectivity index (χ3v) is 3.76. The highest BCUT2D eigenvalue weighted by molar-refractivity contribution is 7.99. The first-order valence-corrected chi connectivity index (χ1v) is 6.80. The molecule has 2 atom stereocenters. The first-order valence-electron chi connectivity index (χ1n) is 5.81. The Morgan fingerprint density at radius 3 is 2.42 bits per heavy atom. The van der Waals surface area contributed by atoms with E-state index in [1.807, 2.05) is 0 Å². The van der Waals surface area contributed by atoms with Gasteiger partial charge in [-0.1, -0.05) is 6.92 Å². The van der Waals surface area contributed by atoms with Gasteiger partial charge in [-0.05, 0) is 31.2 Å². The molecule has 1 aromatic carbocycles. The predicted molar refractivity (Wildman–Crippen MR) is 71.5 cm³/mol. The minimum atomic E-state index is -1.06. The molecule has 19 heavy (non-hydrogen) atoms. The Morgan fingerprint density at radius 2 is 1.89 bits per heavy atom. The molecule has 0 heterocycles. The highest BCUT2D eigenvalue weighted by Gasteiger charge is 2.18. The summed E-state index contributed by atoms with van der Waals surface area (Å²) < 4.78 is 12.7. The second-order valence-corrected chi connectivity index (χ2v) is 5.33. The van der Waals surface area contributed by atoms with Crippen LogP contribution in [0.15, 0.2) is 29.2 Å². The van der Waals surface area contributed by atoms with E-state index >= 15 is 0 Å². The van der Waals surface area contributed by atoms with Crippen molar-refractivity contribution in [2.75, 3.05) is 5.75 Å². The van der Waals surface area contributed by atoms with E-state index in [1.54, 1.807) is 19.1 Å². The highest BCUT2D eigenvalue weighted by Crippen LogP contribution is 2.20. The van der Waals surface area contributed by atoms with Crippen LogP contribution < -0.4 is 5.32 Å². The number of nitrogens with one attached hydrogen (secondary N) is 1. The van der Waals surface area contributed by atoms with Crippen molar-refractivity contribution in [2.45, 2.75) is 24.8 Å². The first kappa shape index (κ1) is 15.5. The summed E-state index contributed by atoms with van der Waals surface area (Å²) in [4.78, 5) is 23.2. The topological polar surface area (TPSA) is 66.4 Å². The normalized spacial score (nSPS) is 13.6. The van der Waals surface area contributed by atoms with Crippen LogP contribution in [0.2, 0.25) is 0 Å². The predicted octanol–water partition coefficient (Wildman–Crippen LogP) is 2.14. The Morgan fingerprint density at radius 1 is 1.32 bits per heavy atom. The van der Waals surface area contributed by atoms with Gasteiger partial charge in [0.1, 0.15) is 11.9 Å². The maximum atomic E-state index is 12.7. The number of hydrogen-bond acceptors (Lipinski definition) is 3. The van der Waals surface area contributed by atoms with Crippen LogP contribution in [0, 0.1) is 11.7 Å². The van der Waals surface area contributed by atoms with Gasteiger partial charge in [0.25, 0.3) is 0 Å². The Bertz CT molecular complexity index is 450. The molecule has 2 N–H and O–H groups in total. The van der Waals surface area contributed by atoms with E-state index in [1.165, 1.54) is 30.8 Å². The number of hydrogen-bond donors (Lipinski definition) is 2. The number of carboxylic acid groups (broad SMARTS) is 1. The maximum absolute atomic E-state index is 12.7. The van der Waals surface area contributed by atoms with E-state index in [2.05, 4.69) is 5.32 Å². The van der Waals surface area contributed by atoms with Crippen molar-refractivity contribution in [3.63, 3.8) is 0 Å². The summed E-state index contributed by atoms with van der Waals surface area (Å²) in [6.07, 6.45) is 0. The number of carbonyl (C=O) groups excluding carboxylic acids is 1. The van der Waals surface area contributed by atoms with Gasteiger partial charge >= 0.3 is 5.97 Å². The monoisotopic (exact) mass is 285 g/mol. The minimum Gasteiger partial charge on any atom is -0.480 e. The molecule has 0 fully saturated rings. The van der Waals surface area contributed by atoms with Crippen LogP contribution in [-0.2, 0) is 9.59 Å². The number of aliphatic carboxylic acids is 1. The minimum absolute atomic E-state index is 0.301. The van der Waals surface area contributed by atoms with Gasteiger partial charge in [-0.3, -0.25) is 9.59 Å². The first-order chi connectivity index (χ1) is 8.90. The summed E-state index contributed by atoms with van der Waals surface area (Å²) in [6.45, 7) is 3.14. The quantitative estimate of drug-likeness (QED) is 0.786. The molecule has 6 heteroatoms. The molecule has 0 aromatic heterocycles. The van der Waals surface area contributed by atoms with Crippen molar-refractivity contribution in [1.29, 1.82) is 0 Å². The summed E-state index contributed by atoms with van der Waals surface area (Å²) >= 11 is 1.43. The average Bonchev–Trinajstić information content (AvgIpc) is 2.37. The molecule has 104 valence electrons. The summed E-state index contributed by atoms with van der Waals surface area (Å²) in [6, 6.07) is 5.11. The molecule has 0 aliphatic heterocycles.